The van der Waals surface area contributed by atoms with E-state index in [9.17, 15) is 5.02 Å². The third-order valence-electron chi connectivity index (χ3n) is 1.81. The molecule has 0 amide bonds. The van der Waals surface area contributed by atoms with Gasteiger partial charge >= 0.3 is 7.12 Å². The average Bonchev–Trinajstić information content (AvgIpc) is 2.15. The van der Waals surface area contributed by atoms with Gasteiger partial charge in [-0.25, -0.2) is 0 Å². The summed E-state index contributed by atoms with van der Waals surface area (Å²) in [7, 11) is 0.596. The van der Waals surface area contributed by atoms with Crippen LogP contribution in [0.1, 0.15) is 20.8 Å². The van der Waals surface area contributed by atoms with Gasteiger partial charge in [0.25, 0.3) is 0 Å². The number of hydrogen-bond acceptors (Lipinski definition) is 3. The Kier molecular flexibility index (Phi) is 3.77. The molecule has 0 aromatic heterocycles. The van der Waals surface area contributed by atoms with Gasteiger partial charge in [0.05, 0.1) is 0 Å². The molecule has 82 valence electrons. The van der Waals surface area contributed by atoms with Crippen molar-refractivity contribution in [1.29, 1.82) is 0 Å². The van der Waals surface area contributed by atoms with Crippen LogP contribution in [-0.2, 0) is 4.65 Å². The van der Waals surface area contributed by atoms with Crippen molar-refractivity contribution < 1.29 is 14.4 Å². The van der Waals surface area contributed by atoms with Crippen LogP contribution in [0.5, 0.6) is 5.75 Å². The Morgan fingerprint density at radius 1 is 1.13 bits per heavy atom. The molecule has 1 N–H and O–H groups in total. The average molecular weight is 208 g/mol. The maximum absolute atomic E-state index is 9.39. The van der Waals surface area contributed by atoms with Crippen molar-refractivity contribution in [2.24, 2.45) is 0 Å². The Morgan fingerprint density at radius 3 is 2.07 bits per heavy atom. The van der Waals surface area contributed by atoms with E-state index in [1.165, 1.54) is 7.11 Å². The molecule has 0 radical (unpaired) electrons. The molecule has 4 heteroatoms. The number of hydrogen-bond donors (Lipinski definition) is 1. The topological polar surface area (TPSA) is 38.7 Å². The molecule has 1 aromatic rings. The predicted molar refractivity (Wildman–Crippen MR) is 61.4 cm³/mol. The van der Waals surface area contributed by atoms with Crippen molar-refractivity contribution in [2.45, 2.75) is 26.4 Å². The van der Waals surface area contributed by atoms with Crippen LogP contribution in [0.3, 0.4) is 0 Å². The van der Waals surface area contributed by atoms with Crippen molar-refractivity contribution in [1.82, 2.24) is 0 Å². The first-order chi connectivity index (χ1) is 6.92. The summed E-state index contributed by atoms with van der Waals surface area (Å²) in [6.45, 7) is 5.97. The maximum atomic E-state index is 9.39. The molecular weight excluding hydrogens is 191 g/mol. The normalized spacial score (nSPS) is 11.3. The smallest absolute Gasteiger partial charge is 0.488 e. The second-order valence-corrected chi connectivity index (χ2v) is 4.37. The fourth-order valence-electron chi connectivity index (χ4n) is 1.19. The van der Waals surface area contributed by atoms with E-state index in [4.69, 9.17) is 9.39 Å². The molecular formula is C11H17BO3. The second-order valence-electron chi connectivity index (χ2n) is 4.37. The molecule has 0 fully saturated rings. The van der Waals surface area contributed by atoms with Crippen molar-refractivity contribution in [2.75, 3.05) is 7.11 Å². The molecule has 0 atom stereocenters. The number of rotatable bonds is 3. The molecule has 1 rings (SSSR count). The van der Waals surface area contributed by atoms with E-state index in [0.717, 1.165) is 11.2 Å². The van der Waals surface area contributed by atoms with Gasteiger partial charge in [0.1, 0.15) is 11.4 Å². The zero-order valence-electron chi connectivity index (χ0n) is 9.65. The van der Waals surface area contributed by atoms with Crippen LogP contribution in [0, 0.1) is 0 Å². The van der Waals surface area contributed by atoms with Crippen LogP contribution in [-0.4, -0.2) is 24.9 Å². The summed E-state index contributed by atoms with van der Waals surface area (Å²) in [5.41, 5.74) is 0.514. The summed E-state index contributed by atoms with van der Waals surface area (Å²) >= 11 is 0. The Bertz CT molecular complexity index is 303. The van der Waals surface area contributed by atoms with Gasteiger partial charge < -0.3 is 14.4 Å². The first-order valence-corrected chi connectivity index (χ1v) is 4.92. The molecule has 1 aromatic carbocycles. The van der Waals surface area contributed by atoms with Crippen molar-refractivity contribution in [3.63, 3.8) is 0 Å². The van der Waals surface area contributed by atoms with E-state index < -0.39 is 7.12 Å². The van der Waals surface area contributed by atoms with Crippen molar-refractivity contribution in [3.05, 3.63) is 24.3 Å². The minimum atomic E-state index is -0.867. The summed E-state index contributed by atoms with van der Waals surface area (Å²) in [5, 5.41) is 9.39. The van der Waals surface area contributed by atoms with Gasteiger partial charge in [0, 0.05) is 7.11 Å². The third kappa shape index (κ3) is 3.94. The lowest BCUT2D eigenvalue weighted by Gasteiger charge is -2.21. The molecule has 0 saturated heterocycles. The van der Waals surface area contributed by atoms with Crippen molar-refractivity contribution in [3.8, 4) is 5.75 Å². The lowest BCUT2D eigenvalue weighted by molar-refractivity contribution is 0.131. The van der Waals surface area contributed by atoms with E-state index in [1.54, 1.807) is 12.1 Å². The van der Waals surface area contributed by atoms with Crippen LogP contribution in [0.4, 0.5) is 0 Å². The summed E-state index contributed by atoms with van der Waals surface area (Å²) in [4.78, 5) is 0. The zero-order chi connectivity index (χ0) is 11.5. The number of benzene rings is 1. The molecule has 0 unspecified atom stereocenters. The van der Waals surface area contributed by atoms with E-state index in [0.29, 0.717) is 0 Å². The highest BCUT2D eigenvalue weighted by Gasteiger charge is 2.15. The minimum absolute atomic E-state index is 0.207. The Hall–Kier alpha value is -0.995. The molecule has 0 aliphatic rings. The quantitative estimate of drug-likeness (QED) is 0.758. The lowest BCUT2D eigenvalue weighted by atomic mass is 9.80. The maximum Gasteiger partial charge on any atom is 0.490 e. The zero-order valence-corrected chi connectivity index (χ0v) is 9.65. The predicted octanol–water partition coefficient (Wildman–Crippen LogP) is 1.20. The minimum Gasteiger partial charge on any atom is -0.488 e. The van der Waals surface area contributed by atoms with Gasteiger partial charge in [-0.1, -0.05) is 12.1 Å². The highest BCUT2D eigenvalue weighted by molar-refractivity contribution is 6.59. The molecule has 0 aliphatic heterocycles. The van der Waals surface area contributed by atoms with Crippen LogP contribution in [0.25, 0.3) is 0 Å². The van der Waals surface area contributed by atoms with E-state index in [2.05, 4.69) is 0 Å². The Balaban J connectivity index is 2.72. The first-order valence-electron chi connectivity index (χ1n) is 4.92. The van der Waals surface area contributed by atoms with E-state index >= 15 is 0 Å². The molecule has 0 saturated carbocycles. The molecule has 3 nitrogen and oxygen atoms in total. The third-order valence-corrected chi connectivity index (χ3v) is 1.81. The largest absolute Gasteiger partial charge is 0.490 e. The standard InChI is InChI=1S/C11H17BO3/c1-11(2,3)15-10-7-5-9(6-8-10)12(13)14-4/h5-8,13H,1-4H3. The second kappa shape index (κ2) is 4.68. The highest BCUT2D eigenvalue weighted by Crippen LogP contribution is 2.16. The van der Waals surface area contributed by atoms with Crippen molar-refractivity contribution >= 4 is 12.6 Å². The van der Waals surface area contributed by atoms with Gasteiger partial charge in [0.2, 0.25) is 0 Å². The van der Waals surface area contributed by atoms with Gasteiger partial charge in [-0.2, -0.15) is 0 Å². The summed E-state index contributed by atoms with van der Waals surface area (Å²) in [6.07, 6.45) is 0. The fourth-order valence-corrected chi connectivity index (χ4v) is 1.19. The van der Waals surface area contributed by atoms with Gasteiger partial charge in [0.15, 0.2) is 0 Å². The van der Waals surface area contributed by atoms with E-state index in [1.807, 2.05) is 32.9 Å². The Morgan fingerprint density at radius 2 is 1.67 bits per heavy atom. The molecule has 0 heterocycles. The van der Waals surface area contributed by atoms with Crippen LogP contribution < -0.4 is 10.2 Å². The summed E-state index contributed by atoms with van der Waals surface area (Å²) in [6, 6.07) is 7.22. The molecule has 0 spiro atoms. The lowest BCUT2D eigenvalue weighted by Crippen LogP contribution is -2.32. The molecule has 15 heavy (non-hydrogen) atoms. The summed E-state index contributed by atoms with van der Waals surface area (Å²) in [5.74, 6) is 0.787. The fraction of sp³-hybridized carbons (Fsp3) is 0.455. The summed E-state index contributed by atoms with van der Waals surface area (Å²) < 4.78 is 10.4. The Labute approximate surface area is 91.2 Å². The van der Waals surface area contributed by atoms with Gasteiger partial charge in [-0.3, -0.25) is 0 Å². The molecule has 0 aliphatic carbocycles. The van der Waals surface area contributed by atoms with Crippen LogP contribution >= 0.6 is 0 Å². The molecule has 0 bridgehead atoms. The van der Waals surface area contributed by atoms with Gasteiger partial charge in [-0.15, -0.1) is 0 Å². The van der Waals surface area contributed by atoms with Crippen LogP contribution in [0.2, 0.25) is 0 Å². The van der Waals surface area contributed by atoms with E-state index in [-0.39, 0.29) is 5.60 Å². The van der Waals surface area contributed by atoms with Crippen LogP contribution in [0.15, 0.2) is 24.3 Å². The monoisotopic (exact) mass is 208 g/mol. The van der Waals surface area contributed by atoms with Gasteiger partial charge in [-0.05, 0) is 38.4 Å². The first kappa shape index (κ1) is 12.1. The SMILES string of the molecule is COB(O)c1ccc(OC(C)(C)C)cc1. The number of ether oxygens (including phenoxy) is 1. The highest BCUT2D eigenvalue weighted by atomic mass is 16.5.